The van der Waals surface area contributed by atoms with E-state index < -0.39 is 5.97 Å². The molecule has 7 nitrogen and oxygen atoms in total. The molecule has 0 atom stereocenters. The van der Waals surface area contributed by atoms with Gasteiger partial charge >= 0.3 is 5.97 Å². The van der Waals surface area contributed by atoms with Crippen molar-refractivity contribution in [2.75, 3.05) is 18.2 Å². The quantitative estimate of drug-likeness (QED) is 0.388. The van der Waals surface area contributed by atoms with Crippen molar-refractivity contribution in [3.05, 3.63) is 46.1 Å². The minimum absolute atomic E-state index is 0.139. The van der Waals surface area contributed by atoms with Gasteiger partial charge in [-0.1, -0.05) is 35.5 Å². The Morgan fingerprint density at radius 2 is 1.97 bits per heavy atom. The van der Waals surface area contributed by atoms with Crippen LogP contribution in [0.5, 0.6) is 0 Å². The lowest BCUT2D eigenvalue weighted by Crippen LogP contribution is -2.16. The molecule has 1 aromatic carbocycles. The van der Waals surface area contributed by atoms with Crippen LogP contribution in [0, 0.1) is 6.92 Å². The number of hydrogen-bond donors (Lipinski definition) is 1. The molecule has 0 aliphatic carbocycles. The summed E-state index contributed by atoms with van der Waals surface area (Å²) in [7, 11) is 1.31. The van der Waals surface area contributed by atoms with Crippen LogP contribution >= 0.6 is 34.7 Å². The number of amides is 1. The Labute approximate surface area is 187 Å². The molecule has 0 saturated carbocycles. The van der Waals surface area contributed by atoms with Gasteiger partial charge in [0, 0.05) is 22.0 Å². The first-order valence-electron chi connectivity index (χ1n) is 9.11. The first kappa shape index (κ1) is 22.3. The number of hydrogen-bond acceptors (Lipinski definition) is 7. The predicted molar refractivity (Wildman–Crippen MR) is 121 cm³/mol. The van der Waals surface area contributed by atoms with Crippen LogP contribution < -0.4 is 5.32 Å². The first-order valence-corrected chi connectivity index (χ1v) is 11.4. The second kappa shape index (κ2) is 9.63. The minimum Gasteiger partial charge on any atom is -0.465 e. The molecule has 0 unspecified atom stereocenters. The molecule has 3 aromatic rings. The highest BCUT2D eigenvalue weighted by Crippen LogP contribution is 2.36. The van der Waals surface area contributed by atoms with Gasteiger partial charge in [-0.25, -0.2) is 4.79 Å². The van der Waals surface area contributed by atoms with Crippen LogP contribution in [0.1, 0.15) is 36.1 Å². The summed E-state index contributed by atoms with van der Waals surface area (Å²) < 4.78 is 6.91. The van der Waals surface area contributed by atoms with Gasteiger partial charge in [0.2, 0.25) is 5.91 Å². The Bertz CT molecular complexity index is 1060. The van der Waals surface area contributed by atoms with Crippen LogP contribution in [-0.4, -0.2) is 39.5 Å². The third-order valence-electron chi connectivity index (χ3n) is 4.27. The monoisotopic (exact) mass is 464 g/mol. The molecule has 2 aromatic heterocycles. The highest BCUT2D eigenvalue weighted by molar-refractivity contribution is 7.99. The van der Waals surface area contributed by atoms with Crippen molar-refractivity contribution in [1.29, 1.82) is 0 Å². The Balaban J connectivity index is 1.78. The number of rotatable bonds is 7. The summed E-state index contributed by atoms with van der Waals surface area (Å²) in [4.78, 5) is 25.0. The summed E-state index contributed by atoms with van der Waals surface area (Å²) in [5.41, 5.74) is 1.82. The maximum atomic E-state index is 12.6. The summed E-state index contributed by atoms with van der Waals surface area (Å²) in [6.07, 6.45) is 0. The van der Waals surface area contributed by atoms with E-state index in [0.29, 0.717) is 26.3 Å². The smallest absolute Gasteiger partial charge is 0.341 e. The number of nitrogens with one attached hydrogen (secondary N) is 1. The number of carbonyl (C=O) groups is 2. The molecular formula is C20H21ClN4O3S2. The number of carbonyl (C=O) groups excluding carboxylic acids is 2. The SMILES string of the molecule is COC(=O)c1c(-c2ccc(Cl)cc2)csc1NC(=O)CSc1nnc(C)n1C(C)C. The molecule has 30 heavy (non-hydrogen) atoms. The molecule has 0 spiro atoms. The van der Waals surface area contributed by atoms with Gasteiger partial charge in [-0.15, -0.1) is 21.5 Å². The number of thioether (sulfide) groups is 1. The number of aromatic nitrogens is 3. The highest BCUT2D eigenvalue weighted by Gasteiger charge is 2.23. The zero-order valence-corrected chi connectivity index (χ0v) is 19.3. The van der Waals surface area contributed by atoms with Crippen molar-refractivity contribution < 1.29 is 14.3 Å². The lowest BCUT2D eigenvalue weighted by molar-refractivity contribution is -0.113. The van der Waals surface area contributed by atoms with E-state index in [4.69, 9.17) is 16.3 Å². The molecule has 0 radical (unpaired) electrons. The van der Waals surface area contributed by atoms with E-state index in [9.17, 15) is 9.59 Å². The van der Waals surface area contributed by atoms with Crippen LogP contribution in [-0.2, 0) is 9.53 Å². The second-order valence-electron chi connectivity index (χ2n) is 6.68. The maximum absolute atomic E-state index is 12.6. The normalized spacial score (nSPS) is 11.0. The standard InChI is InChI=1S/C20H21ClN4O3S2/c1-11(2)25-12(3)23-24-20(25)30-10-16(26)22-18-17(19(27)28-4)15(9-29-18)13-5-7-14(21)8-6-13/h5-9,11H,10H2,1-4H3,(H,22,26). The molecular weight excluding hydrogens is 444 g/mol. The van der Waals surface area contributed by atoms with Crippen LogP contribution in [0.2, 0.25) is 5.02 Å². The molecule has 0 aliphatic heterocycles. The van der Waals surface area contributed by atoms with E-state index >= 15 is 0 Å². The number of thiophene rings is 1. The predicted octanol–water partition coefficient (Wildman–Crippen LogP) is 5.07. The highest BCUT2D eigenvalue weighted by atomic mass is 35.5. The number of nitrogens with zero attached hydrogens (tertiary/aromatic N) is 3. The minimum atomic E-state index is -0.515. The molecule has 1 amide bonds. The molecule has 2 heterocycles. The summed E-state index contributed by atoms with van der Waals surface area (Å²) in [5, 5.41) is 14.6. The van der Waals surface area contributed by atoms with Crippen LogP contribution in [0.25, 0.3) is 11.1 Å². The topological polar surface area (TPSA) is 86.1 Å². The number of methoxy groups -OCH3 is 1. The summed E-state index contributed by atoms with van der Waals surface area (Å²) in [6, 6.07) is 7.32. The molecule has 3 rings (SSSR count). The van der Waals surface area contributed by atoms with Crippen molar-refractivity contribution in [2.45, 2.75) is 32.0 Å². The van der Waals surface area contributed by atoms with Gasteiger partial charge in [0.25, 0.3) is 0 Å². The lowest BCUT2D eigenvalue weighted by Gasteiger charge is -2.11. The van der Waals surface area contributed by atoms with Crippen molar-refractivity contribution in [2.24, 2.45) is 0 Å². The number of halogens is 1. The molecule has 0 fully saturated rings. The van der Waals surface area contributed by atoms with Crippen molar-refractivity contribution in [1.82, 2.24) is 14.8 Å². The van der Waals surface area contributed by atoms with Gasteiger partial charge < -0.3 is 14.6 Å². The third kappa shape index (κ3) is 4.85. The number of esters is 1. The Hall–Kier alpha value is -2.36. The zero-order chi connectivity index (χ0) is 21.8. The van der Waals surface area contributed by atoms with Crippen LogP contribution in [0.4, 0.5) is 5.00 Å². The van der Waals surface area contributed by atoms with Gasteiger partial charge in [-0.05, 0) is 38.5 Å². The van der Waals surface area contributed by atoms with Crippen molar-refractivity contribution >= 4 is 51.6 Å². The molecule has 0 bridgehead atoms. The molecule has 0 aliphatic rings. The third-order valence-corrected chi connectivity index (χ3v) is 6.36. The molecule has 158 valence electrons. The van der Waals surface area contributed by atoms with Crippen LogP contribution in [0.15, 0.2) is 34.8 Å². The number of aryl methyl sites for hydroxylation is 1. The van der Waals surface area contributed by atoms with E-state index in [2.05, 4.69) is 15.5 Å². The van der Waals surface area contributed by atoms with E-state index in [1.54, 1.807) is 12.1 Å². The molecule has 1 N–H and O–H groups in total. The van der Waals surface area contributed by atoms with Crippen molar-refractivity contribution in [3.63, 3.8) is 0 Å². The average Bonchev–Trinajstić information content (AvgIpc) is 3.29. The van der Waals surface area contributed by atoms with Gasteiger partial charge in [-0.2, -0.15) is 0 Å². The Morgan fingerprint density at radius 3 is 2.60 bits per heavy atom. The number of benzene rings is 1. The summed E-state index contributed by atoms with van der Waals surface area (Å²) in [5.74, 6) is 0.177. The van der Waals surface area contributed by atoms with E-state index in [1.807, 2.05) is 42.9 Å². The Kier molecular flexibility index (Phi) is 7.17. The fraction of sp³-hybridized carbons (Fsp3) is 0.300. The van der Waals surface area contributed by atoms with Crippen molar-refractivity contribution in [3.8, 4) is 11.1 Å². The van der Waals surface area contributed by atoms with E-state index in [-0.39, 0.29) is 17.7 Å². The molecule has 0 saturated heterocycles. The average molecular weight is 465 g/mol. The second-order valence-corrected chi connectivity index (χ2v) is 8.94. The number of ether oxygens (including phenoxy) is 1. The van der Waals surface area contributed by atoms with Gasteiger partial charge in [0.15, 0.2) is 5.16 Å². The summed E-state index contributed by atoms with van der Waals surface area (Å²) in [6.45, 7) is 5.95. The Morgan fingerprint density at radius 1 is 1.27 bits per heavy atom. The largest absolute Gasteiger partial charge is 0.465 e. The zero-order valence-electron chi connectivity index (χ0n) is 16.9. The fourth-order valence-corrected chi connectivity index (χ4v) is 4.94. The lowest BCUT2D eigenvalue weighted by atomic mass is 10.0. The van der Waals surface area contributed by atoms with E-state index in [1.165, 1.54) is 30.2 Å². The first-order chi connectivity index (χ1) is 14.3. The van der Waals surface area contributed by atoms with Gasteiger partial charge in [-0.3, -0.25) is 4.79 Å². The van der Waals surface area contributed by atoms with Gasteiger partial charge in [0.05, 0.1) is 12.9 Å². The van der Waals surface area contributed by atoms with E-state index in [0.717, 1.165) is 11.4 Å². The fourth-order valence-electron chi connectivity index (χ4n) is 2.93. The summed E-state index contributed by atoms with van der Waals surface area (Å²) >= 11 is 8.53. The maximum Gasteiger partial charge on any atom is 0.341 e. The number of anilines is 1. The van der Waals surface area contributed by atoms with Crippen LogP contribution in [0.3, 0.4) is 0 Å². The van der Waals surface area contributed by atoms with Gasteiger partial charge in [0.1, 0.15) is 16.4 Å². The molecule has 10 heteroatoms.